The van der Waals surface area contributed by atoms with E-state index < -0.39 is 0 Å². The summed E-state index contributed by atoms with van der Waals surface area (Å²) < 4.78 is 8.64. The second kappa shape index (κ2) is 6.63. The average molecular weight is 359 g/mol. The molecule has 1 aromatic heterocycles. The zero-order valence-corrected chi connectivity index (χ0v) is 15.8. The largest absolute Gasteiger partial charge is 0.346 e. The van der Waals surface area contributed by atoms with Crippen molar-refractivity contribution in [3.63, 3.8) is 0 Å². The number of nitrogens with zero attached hydrogens (tertiary/aromatic N) is 5. The summed E-state index contributed by atoms with van der Waals surface area (Å²) in [5.74, 6) is 0.281. The monoisotopic (exact) mass is 359 g/mol. The Morgan fingerprint density at radius 2 is 1.96 bits per heavy atom. The van der Waals surface area contributed by atoms with E-state index in [9.17, 15) is 4.79 Å². The third kappa shape index (κ3) is 3.28. The van der Waals surface area contributed by atoms with E-state index in [0.717, 1.165) is 56.6 Å². The van der Waals surface area contributed by atoms with Gasteiger partial charge in [0.05, 0.1) is 11.7 Å². The molecule has 2 fully saturated rings. The molecular weight excluding hydrogens is 334 g/mol. The highest BCUT2D eigenvalue weighted by atomic mass is 32.1. The van der Waals surface area contributed by atoms with Crippen LogP contribution in [0.5, 0.6) is 0 Å². The summed E-state index contributed by atoms with van der Waals surface area (Å²) in [5, 5.41) is 0. The van der Waals surface area contributed by atoms with Crippen molar-refractivity contribution in [2.45, 2.75) is 31.3 Å². The van der Waals surface area contributed by atoms with Gasteiger partial charge in [-0.3, -0.25) is 14.6 Å². The highest BCUT2D eigenvalue weighted by Gasteiger charge is 2.41. The molecule has 2 aliphatic heterocycles. The molecular formula is C18H25N5OS. The maximum absolute atomic E-state index is 12.1. The third-order valence-corrected chi connectivity index (χ3v) is 6.50. The summed E-state index contributed by atoms with van der Waals surface area (Å²) in [7, 11) is 4.15. The number of hydrogen-bond acceptors (Lipinski definition) is 6. The van der Waals surface area contributed by atoms with Crippen molar-refractivity contribution in [3.8, 4) is 0 Å². The maximum atomic E-state index is 12.1. The van der Waals surface area contributed by atoms with Gasteiger partial charge in [0.1, 0.15) is 11.0 Å². The Kier molecular flexibility index (Phi) is 4.47. The van der Waals surface area contributed by atoms with Crippen molar-refractivity contribution >= 4 is 28.7 Å². The van der Waals surface area contributed by atoms with Crippen molar-refractivity contribution in [2.24, 2.45) is 0 Å². The number of likely N-dealkylation sites (tertiary alicyclic amines) is 1. The molecule has 1 spiro atoms. The molecule has 7 heteroatoms. The lowest BCUT2D eigenvalue weighted by Gasteiger charge is -2.49. The Morgan fingerprint density at radius 1 is 1.12 bits per heavy atom. The quantitative estimate of drug-likeness (QED) is 0.819. The third-order valence-electron chi connectivity index (χ3n) is 5.95. The van der Waals surface area contributed by atoms with Crippen LogP contribution in [0.3, 0.4) is 0 Å². The van der Waals surface area contributed by atoms with E-state index in [4.69, 9.17) is 0 Å². The molecule has 4 rings (SSSR count). The van der Waals surface area contributed by atoms with Crippen LogP contribution in [0.15, 0.2) is 18.2 Å². The fourth-order valence-corrected chi connectivity index (χ4v) is 4.68. The molecule has 0 saturated carbocycles. The molecule has 0 bridgehead atoms. The van der Waals surface area contributed by atoms with Crippen LogP contribution in [0.1, 0.15) is 24.8 Å². The standard InChI is InChI=1S/C18H25N5OS/c1-21-8-7-18(6-5-17(21)24)13-23(10-9-22(18)2)12-14-3-4-15-16(11-14)20-25-19-15/h3-4,11H,5-10,12-13H2,1-2H3/t18-/m0/s1. The molecule has 2 aromatic rings. The summed E-state index contributed by atoms with van der Waals surface area (Å²) in [6.07, 6.45) is 2.67. The van der Waals surface area contributed by atoms with E-state index in [0.29, 0.717) is 6.42 Å². The molecule has 6 nitrogen and oxygen atoms in total. The number of rotatable bonds is 2. The second-order valence-electron chi connectivity index (χ2n) is 7.51. The minimum atomic E-state index is 0.116. The summed E-state index contributed by atoms with van der Waals surface area (Å²) in [4.78, 5) is 19.0. The number of amides is 1. The van der Waals surface area contributed by atoms with Crippen molar-refractivity contribution in [1.82, 2.24) is 23.4 Å². The number of carbonyl (C=O) groups is 1. The van der Waals surface area contributed by atoms with Crippen LogP contribution in [0, 0.1) is 0 Å². The Bertz CT molecular complexity index is 778. The summed E-state index contributed by atoms with van der Waals surface area (Å²) in [6.45, 7) is 4.94. The zero-order chi connectivity index (χ0) is 17.4. The molecule has 1 aromatic carbocycles. The summed E-state index contributed by atoms with van der Waals surface area (Å²) in [6, 6.07) is 6.40. The molecule has 0 aliphatic carbocycles. The lowest BCUT2D eigenvalue weighted by Crippen LogP contribution is -2.60. The van der Waals surface area contributed by atoms with Crippen LogP contribution in [0.4, 0.5) is 0 Å². The Balaban J connectivity index is 1.50. The van der Waals surface area contributed by atoms with Gasteiger partial charge in [-0.1, -0.05) is 6.07 Å². The number of aromatic nitrogens is 2. The fourth-order valence-electron chi connectivity index (χ4n) is 4.16. The molecule has 2 aliphatic rings. The van der Waals surface area contributed by atoms with E-state index in [1.807, 2.05) is 11.9 Å². The number of hydrogen-bond donors (Lipinski definition) is 0. The Morgan fingerprint density at radius 3 is 2.84 bits per heavy atom. The molecule has 2 saturated heterocycles. The number of likely N-dealkylation sites (N-methyl/N-ethyl adjacent to an activating group) is 1. The molecule has 1 atom stereocenters. The van der Waals surface area contributed by atoms with Gasteiger partial charge < -0.3 is 4.90 Å². The normalized spacial score (nSPS) is 26.5. The van der Waals surface area contributed by atoms with E-state index in [-0.39, 0.29) is 11.4 Å². The first-order valence-electron chi connectivity index (χ1n) is 8.95. The van der Waals surface area contributed by atoms with Crippen LogP contribution in [-0.2, 0) is 11.3 Å². The van der Waals surface area contributed by atoms with Crippen LogP contribution in [0.2, 0.25) is 0 Å². The predicted molar refractivity (Wildman–Crippen MR) is 99.5 cm³/mol. The van der Waals surface area contributed by atoms with Gasteiger partial charge in [-0.2, -0.15) is 8.75 Å². The molecule has 3 heterocycles. The molecule has 0 radical (unpaired) electrons. The Labute approximate surface area is 152 Å². The summed E-state index contributed by atoms with van der Waals surface area (Å²) >= 11 is 1.27. The lowest BCUT2D eigenvalue weighted by atomic mass is 9.86. The van der Waals surface area contributed by atoms with Crippen molar-refractivity contribution in [3.05, 3.63) is 23.8 Å². The first-order valence-corrected chi connectivity index (χ1v) is 9.68. The van der Waals surface area contributed by atoms with Crippen molar-refractivity contribution < 1.29 is 4.79 Å². The molecule has 1 amide bonds. The minimum Gasteiger partial charge on any atom is -0.346 e. The van der Waals surface area contributed by atoms with Crippen molar-refractivity contribution in [2.75, 3.05) is 40.3 Å². The number of piperazine rings is 1. The van der Waals surface area contributed by atoms with Gasteiger partial charge in [0, 0.05) is 51.7 Å². The molecule has 0 N–H and O–H groups in total. The van der Waals surface area contributed by atoms with E-state index in [1.165, 1.54) is 17.3 Å². The van der Waals surface area contributed by atoms with E-state index >= 15 is 0 Å². The maximum Gasteiger partial charge on any atom is 0.222 e. The topological polar surface area (TPSA) is 52.6 Å². The summed E-state index contributed by atoms with van der Waals surface area (Å²) in [5.41, 5.74) is 3.38. The van der Waals surface area contributed by atoms with Crippen LogP contribution in [0.25, 0.3) is 11.0 Å². The van der Waals surface area contributed by atoms with Gasteiger partial charge in [0.15, 0.2) is 0 Å². The molecule has 134 valence electrons. The number of fused-ring (bicyclic) bond motifs is 1. The lowest BCUT2D eigenvalue weighted by molar-refractivity contribution is -0.129. The fraction of sp³-hybridized carbons (Fsp3) is 0.611. The first kappa shape index (κ1) is 16.9. The Hall–Kier alpha value is -1.57. The number of benzene rings is 1. The molecule has 0 unspecified atom stereocenters. The highest BCUT2D eigenvalue weighted by molar-refractivity contribution is 7.00. The van der Waals surface area contributed by atoms with Gasteiger partial charge in [-0.25, -0.2) is 0 Å². The smallest absolute Gasteiger partial charge is 0.222 e. The van der Waals surface area contributed by atoms with Crippen LogP contribution >= 0.6 is 11.7 Å². The van der Waals surface area contributed by atoms with Gasteiger partial charge >= 0.3 is 0 Å². The van der Waals surface area contributed by atoms with Crippen LogP contribution in [-0.4, -0.2) is 75.2 Å². The van der Waals surface area contributed by atoms with Gasteiger partial charge in [0.25, 0.3) is 0 Å². The van der Waals surface area contributed by atoms with E-state index in [2.05, 4.69) is 43.8 Å². The SMILES string of the molecule is CN1CC[C@@]2(CCC1=O)CN(Cc1ccc3nsnc3c1)CCN2C. The minimum absolute atomic E-state index is 0.116. The number of carbonyl (C=O) groups excluding carboxylic acids is 1. The molecule has 25 heavy (non-hydrogen) atoms. The second-order valence-corrected chi connectivity index (χ2v) is 8.04. The van der Waals surface area contributed by atoms with Gasteiger partial charge in [-0.15, -0.1) is 0 Å². The van der Waals surface area contributed by atoms with Gasteiger partial charge in [0.2, 0.25) is 5.91 Å². The first-order chi connectivity index (χ1) is 12.1. The predicted octanol–water partition coefficient (Wildman–Crippen LogP) is 1.82. The van der Waals surface area contributed by atoms with Gasteiger partial charge in [-0.05, 0) is 37.6 Å². The average Bonchev–Trinajstić information content (AvgIpc) is 3.03. The van der Waals surface area contributed by atoms with Crippen LogP contribution < -0.4 is 0 Å². The van der Waals surface area contributed by atoms with Crippen molar-refractivity contribution in [1.29, 1.82) is 0 Å². The zero-order valence-electron chi connectivity index (χ0n) is 14.9. The van der Waals surface area contributed by atoms with E-state index in [1.54, 1.807) is 0 Å². The highest BCUT2D eigenvalue weighted by Crippen LogP contribution is 2.32.